The zero-order chi connectivity index (χ0) is 7.91. The summed E-state index contributed by atoms with van der Waals surface area (Å²) in [7, 11) is 5.79. The molecule has 0 aliphatic rings. The van der Waals surface area contributed by atoms with Gasteiger partial charge >= 0.3 is 0 Å². The third-order valence-electron chi connectivity index (χ3n) is 0.424. The van der Waals surface area contributed by atoms with Gasteiger partial charge in [-0.1, -0.05) is 20.3 Å². The van der Waals surface area contributed by atoms with Gasteiger partial charge in [0.15, 0.2) is 6.73 Å². The van der Waals surface area contributed by atoms with E-state index in [-0.39, 0.29) is 6.73 Å². The molecule has 0 rings (SSSR count). The Kier molecular flexibility index (Phi) is 7.85. The van der Waals surface area contributed by atoms with Crippen molar-refractivity contribution in [1.82, 2.24) is 0 Å². The fraction of sp³-hybridized carbons (Fsp3) is 1.00. The van der Waals surface area contributed by atoms with Crippen LogP contribution < -0.4 is 0 Å². The summed E-state index contributed by atoms with van der Waals surface area (Å²) in [4.78, 5) is 0. The first kappa shape index (κ1) is 11.7. The van der Waals surface area contributed by atoms with Gasteiger partial charge in [0.1, 0.15) is 0 Å². The molecule has 0 amide bonds. The highest BCUT2D eigenvalue weighted by Crippen LogP contribution is 1.81. The minimum Gasteiger partial charge on any atom is -0.347 e. The van der Waals surface area contributed by atoms with E-state index in [1.165, 1.54) is 6.42 Å². The van der Waals surface area contributed by atoms with Crippen LogP contribution in [0.1, 0.15) is 20.3 Å². The Labute approximate surface area is 58.7 Å². The Morgan fingerprint density at radius 2 is 1.22 bits per heavy atom. The van der Waals surface area contributed by atoms with Crippen molar-refractivity contribution in [1.29, 1.82) is 0 Å². The highest BCUT2D eigenvalue weighted by atomic mass is 16.3. The number of hydrogen-bond donors (Lipinski definition) is 1. The number of quaternary nitrogens is 1. The van der Waals surface area contributed by atoms with Gasteiger partial charge in [0.2, 0.25) is 0 Å². The number of aliphatic hydroxyl groups excluding tert-OH is 1. The van der Waals surface area contributed by atoms with Crippen LogP contribution in [-0.4, -0.2) is 37.5 Å². The largest absolute Gasteiger partial charge is 0.347 e. The smallest absolute Gasteiger partial charge is 0.179 e. The summed E-state index contributed by atoms with van der Waals surface area (Å²) in [6.45, 7) is 4.46. The molecular weight excluding hydrogens is 114 g/mol. The number of nitrogens with zero attached hydrogens (tertiary/aromatic N) is 1. The maximum atomic E-state index is 8.38. The summed E-state index contributed by atoms with van der Waals surface area (Å²) in [5.41, 5.74) is 0. The molecule has 0 heterocycles. The van der Waals surface area contributed by atoms with Crippen molar-refractivity contribution in [3.05, 3.63) is 0 Å². The van der Waals surface area contributed by atoms with Crippen molar-refractivity contribution in [2.45, 2.75) is 20.3 Å². The topological polar surface area (TPSA) is 20.2 Å². The number of aliphatic hydroxyl groups is 1. The van der Waals surface area contributed by atoms with E-state index in [1.807, 2.05) is 21.1 Å². The molecule has 0 saturated heterocycles. The van der Waals surface area contributed by atoms with Crippen molar-refractivity contribution < 1.29 is 9.59 Å². The van der Waals surface area contributed by atoms with Gasteiger partial charge in [-0.05, 0) is 0 Å². The monoisotopic (exact) mass is 134 g/mol. The number of hydrogen-bond acceptors (Lipinski definition) is 1. The lowest BCUT2D eigenvalue weighted by molar-refractivity contribution is -0.889. The molecule has 0 saturated carbocycles. The average molecular weight is 134 g/mol. The molecule has 0 atom stereocenters. The molecule has 0 bridgehead atoms. The lowest BCUT2D eigenvalue weighted by atomic mass is 10.6. The van der Waals surface area contributed by atoms with Crippen LogP contribution in [0.15, 0.2) is 0 Å². The fourth-order valence-corrected chi connectivity index (χ4v) is 0. The molecule has 1 N–H and O–H groups in total. The van der Waals surface area contributed by atoms with Crippen LogP contribution in [-0.2, 0) is 0 Å². The average Bonchev–Trinajstić information content (AvgIpc) is 1.67. The standard InChI is InChI=1S/C4H12NO.C3H8/c1-5(2,3)4-6;1-3-2/h6H,4H2,1-3H3;3H2,1-2H3/q+1;. The van der Waals surface area contributed by atoms with E-state index >= 15 is 0 Å². The summed E-state index contributed by atoms with van der Waals surface area (Å²) in [6, 6.07) is 0. The fourth-order valence-electron chi connectivity index (χ4n) is 0. The zero-order valence-corrected chi connectivity index (χ0v) is 7.31. The molecule has 0 aromatic rings. The maximum absolute atomic E-state index is 8.38. The van der Waals surface area contributed by atoms with Crippen LogP contribution in [0.3, 0.4) is 0 Å². The van der Waals surface area contributed by atoms with Crippen molar-refractivity contribution >= 4 is 0 Å². The summed E-state index contributed by atoms with van der Waals surface area (Å²) in [5, 5.41) is 8.38. The minimum atomic E-state index is 0.208. The van der Waals surface area contributed by atoms with Crippen LogP contribution in [0.4, 0.5) is 0 Å². The van der Waals surface area contributed by atoms with Gasteiger partial charge < -0.3 is 9.59 Å². The Bertz CT molecular complexity index is 47.4. The predicted molar refractivity (Wildman–Crippen MR) is 41.1 cm³/mol. The Morgan fingerprint density at radius 3 is 1.22 bits per heavy atom. The van der Waals surface area contributed by atoms with E-state index in [4.69, 9.17) is 5.11 Å². The van der Waals surface area contributed by atoms with E-state index in [0.717, 1.165) is 0 Å². The summed E-state index contributed by atoms with van der Waals surface area (Å²) in [6.07, 6.45) is 1.25. The van der Waals surface area contributed by atoms with Crippen LogP contribution in [0.2, 0.25) is 0 Å². The highest BCUT2D eigenvalue weighted by molar-refractivity contribution is 3.94. The highest BCUT2D eigenvalue weighted by Gasteiger charge is 1.99. The SMILES string of the molecule is CCC.C[N+](C)(C)CO. The normalized spacial score (nSPS) is 10.0. The first-order valence-electron chi connectivity index (χ1n) is 3.39. The van der Waals surface area contributed by atoms with Gasteiger partial charge in [-0.15, -0.1) is 0 Å². The molecule has 0 aromatic heterocycles. The molecule has 0 radical (unpaired) electrons. The van der Waals surface area contributed by atoms with E-state index in [0.29, 0.717) is 4.48 Å². The molecule has 0 aliphatic heterocycles. The van der Waals surface area contributed by atoms with Crippen molar-refractivity contribution in [3.63, 3.8) is 0 Å². The molecule has 9 heavy (non-hydrogen) atoms. The van der Waals surface area contributed by atoms with Gasteiger partial charge in [-0.25, -0.2) is 0 Å². The Balaban J connectivity index is 0. The lowest BCUT2D eigenvalue weighted by Crippen LogP contribution is -2.34. The third kappa shape index (κ3) is 32.6. The Hall–Kier alpha value is -0.0800. The summed E-state index contributed by atoms with van der Waals surface area (Å²) >= 11 is 0. The summed E-state index contributed by atoms with van der Waals surface area (Å²) in [5.74, 6) is 0. The first-order chi connectivity index (χ1) is 3.97. The van der Waals surface area contributed by atoms with Crippen molar-refractivity contribution in [3.8, 4) is 0 Å². The summed E-state index contributed by atoms with van der Waals surface area (Å²) < 4.78 is 0.625. The second-order valence-electron chi connectivity index (χ2n) is 3.14. The van der Waals surface area contributed by atoms with E-state index in [1.54, 1.807) is 0 Å². The van der Waals surface area contributed by atoms with Gasteiger partial charge in [0, 0.05) is 0 Å². The quantitative estimate of drug-likeness (QED) is 0.420. The molecule has 2 heteroatoms. The minimum absolute atomic E-state index is 0.208. The maximum Gasteiger partial charge on any atom is 0.179 e. The molecule has 0 aromatic carbocycles. The Morgan fingerprint density at radius 1 is 1.11 bits per heavy atom. The molecule has 0 spiro atoms. The second kappa shape index (κ2) is 6.05. The van der Waals surface area contributed by atoms with Crippen LogP contribution in [0.25, 0.3) is 0 Å². The van der Waals surface area contributed by atoms with Crippen LogP contribution >= 0.6 is 0 Å². The molecule has 0 fully saturated rings. The molecular formula is C7H20NO+. The molecule has 58 valence electrons. The van der Waals surface area contributed by atoms with Gasteiger partial charge in [-0.2, -0.15) is 0 Å². The second-order valence-corrected chi connectivity index (χ2v) is 3.14. The van der Waals surface area contributed by atoms with E-state index in [2.05, 4.69) is 13.8 Å². The van der Waals surface area contributed by atoms with Gasteiger partial charge in [0.05, 0.1) is 21.1 Å². The van der Waals surface area contributed by atoms with Crippen LogP contribution in [0.5, 0.6) is 0 Å². The first-order valence-corrected chi connectivity index (χ1v) is 3.39. The van der Waals surface area contributed by atoms with E-state index < -0.39 is 0 Å². The number of rotatable bonds is 1. The predicted octanol–water partition coefficient (Wildman–Crippen LogP) is 1.06. The van der Waals surface area contributed by atoms with Gasteiger partial charge in [-0.3, -0.25) is 0 Å². The lowest BCUT2D eigenvalue weighted by Gasteiger charge is -2.19. The zero-order valence-electron chi connectivity index (χ0n) is 7.31. The molecule has 0 aliphatic carbocycles. The van der Waals surface area contributed by atoms with E-state index in [9.17, 15) is 0 Å². The van der Waals surface area contributed by atoms with Crippen molar-refractivity contribution in [2.75, 3.05) is 27.9 Å². The van der Waals surface area contributed by atoms with Crippen LogP contribution in [0, 0.1) is 0 Å². The third-order valence-corrected chi connectivity index (χ3v) is 0.424. The molecule has 2 nitrogen and oxygen atoms in total. The molecule has 0 unspecified atom stereocenters. The van der Waals surface area contributed by atoms with Crippen molar-refractivity contribution in [2.24, 2.45) is 0 Å². The van der Waals surface area contributed by atoms with Gasteiger partial charge in [0.25, 0.3) is 0 Å².